The van der Waals surface area contributed by atoms with E-state index in [-0.39, 0.29) is 5.91 Å². The highest BCUT2D eigenvalue weighted by Gasteiger charge is 2.28. The minimum Gasteiger partial charge on any atom is -0.438 e. The third kappa shape index (κ3) is 2.46. The highest BCUT2D eigenvalue weighted by Crippen LogP contribution is 2.26. The van der Waals surface area contributed by atoms with Gasteiger partial charge in [-0.2, -0.15) is 0 Å². The summed E-state index contributed by atoms with van der Waals surface area (Å²) < 4.78 is 7.48. The molecule has 6 heteroatoms. The second-order valence-corrected chi connectivity index (χ2v) is 5.61. The number of imidazole rings is 1. The molecule has 0 saturated carbocycles. The maximum absolute atomic E-state index is 12.4. The maximum atomic E-state index is 12.4. The minimum absolute atomic E-state index is 0.0532. The van der Waals surface area contributed by atoms with Crippen LogP contribution in [0.4, 0.5) is 0 Å². The van der Waals surface area contributed by atoms with Crippen molar-refractivity contribution in [1.82, 2.24) is 19.4 Å². The Bertz CT molecular complexity index is 631. The number of likely N-dealkylation sites (tertiary alicyclic amines) is 1. The maximum Gasteiger partial charge on any atom is 0.291 e. The zero-order valence-electron chi connectivity index (χ0n) is 12.7. The summed E-state index contributed by atoms with van der Waals surface area (Å²) in [5, 5.41) is 0. The first-order valence-corrected chi connectivity index (χ1v) is 7.27. The van der Waals surface area contributed by atoms with Crippen molar-refractivity contribution in [3.05, 3.63) is 35.6 Å². The van der Waals surface area contributed by atoms with Crippen LogP contribution in [-0.2, 0) is 0 Å². The third-order valence-corrected chi connectivity index (χ3v) is 4.22. The predicted octanol–water partition coefficient (Wildman–Crippen LogP) is 2.27. The van der Waals surface area contributed by atoms with Crippen LogP contribution >= 0.6 is 0 Å². The number of carbonyl (C=O) groups excluding carboxylic acids is 1. The van der Waals surface area contributed by atoms with E-state index >= 15 is 0 Å². The van der Waals surface area contributed by atoms with Crippen LogP contribution in [-0.4, -0.2) is 38.4 Å². The van der Waals surface area contributed by atoms with E-state index in [1.165, 1.54) is 12.1 Å². The van der Waals surface area contributed by atoms with Crippen LogP contribution in [0.1, 0.15) is 46.7 Å². The topological polar surface area (TPSA) is 64.2 Å². The fraction of sp³-hybridized carbons (Fsp3) is 0.533. The summed E-state index contributed by atoms with van der Waals surface area (Å²) in [5.74, 6) is 1.36. The molecule has 3 rings (SSSR count). The predicted molar refractivity (Wildman–Crippen MR) is 77.1 cm³/mol. The Morgan fingerprint density at radius 3 is 2.48 bits per heavy atom. The fourth-order valence-corrected chi connectivity index (χ4v) is 3.10. The molecule has 2 aromatic rings. The van der Waals surface area contributed by atoms with Crippen LogP contribution in [0.5, 0.6) is 0 Å². The molecule has 0 unspecified atom stereocenters. The second-order valence-electron chi connectivity index (χ2n) is 5.61. The average Bonchev–Trinajstić information content (AvgIpc) is 3.05. The van der Waals surface area contributed by atoms with E-state index in [0.717, 1.165) is 31.8 Å². The molecular weight excluding hydrogens is 268 g/mol. The molecule has 0 N–H and O–H groups in total. The normalized spacial score (nSPS) is 16.4. The average molecular weight is 288 g/mol. The van der Waals surface area contributed by atoms with Gasteiger partial charge in [-0.3, -0.25) is 4.79 Å². The molecule has 0 aromatic carbocycles. The first kappa shape index (κ1) is 13.9. The van der Waals surface area contributed by atoms with Crippen LogP contribution < -0.4 is 0 Å². The quantitative estimate of drug-likeness (QED) is 0.850. The van der Waals surface area contributed by atoms with Crippen molar-refractivity contribution >= 4 is 5.91 Å². The van der Waals surface area contributed by atoms with Gasteiger partial charge in [-0.25, -0.2) is 9.97 Å². The lowest BCUT2D eigenvalue weighted by molar-refractivity contribution is 0.0660. The largest absolute Gasteiger partial charge is 0.438 e. The molecule has 0 radical (unpaired) electrons. The first-order valence-electron chi connectivity index (χ1n) is 7.27. The van der Waals surface area contributed by atoms with E-state index in [9.17, 15) is 4.79 Å². The molecule has 2 aromatic heterocycles. The van der Waals surface area contributed by atoms with Gasteiger partial charge >= 0.3 is 0 Å². The van der Waals surface area contributed by atoms with Gasteiger partial charge in [0.2, 0.25) is 5.76 Å². The summed E-state index contributed by atoms with van der Waals surface area (Å²) in [5.41, 5.74) is 1.84. The monoisotopic (exact) mass is 288 g/mol. The van der Waals surface area contributed by atoms with Gasteiger partial charge < -0.3 is 13.9 Å². The first-order chi connectivity index (χ1) is 10.1. The Kier molecular flexibility index (Phi) is 3.53. The van der Waals surface area contributed by atoms with E-state index in [0.29, 0.717) is 17.5 Å². The Morgan fingerprint density at radius 2 is 1.95 bits per heavy atom. The van der Waals surface area contributed by atoms with Crippen molar-refractivity contribution in [1.29, 1.82) is 0 Å². The molecule has 0 bridgehead atoms. The van der Waals surface area contributed by atoms with Crippen LogP contribution in [0.2, 0.25) is 0 Å². The van der Waals surface area contributed by atoms with E-state index in [1.54, 1.807) is 6.92 Å². The summed E-state index contributed by atoms with van der Waals surface area (Å²) >= 11 is 0. The number of hydrogen-bond donors (Lipinski definition) is 0. The van der Waals surface area contributed by atoms with Crippen molar-refractivity contribution in [3.8, 4) is 0 Å². The molecule has 0 spiro atoms. The Morgan fingerprint density at radius 1 is 1.24 bits per heavy atom. The molecule has 6 nitrogen and oxygen atoms in total. The SMILES string of the molecule is Cc1ncoc1C(=O)N1CCC(n2c(C)cnc2C)CC1. The van der Waals surface area contributed by atoms with Gasteiger partial charge in [-0.05, 0) is 33.6 Å². The number of aromatic nitrogens is 3. The van der Waals surface area contributed by atoms with Crippen molar-refractivity contribution in [2.24, 2.45) is 0 Å². The summed E-state index contributed by atoms with van der Waals surface area (Å²) in [6.45, 7) is 7.38. The molecule has 1 aliphatic rings. The zero-order chi connectivity index (χ0) is 15.0. The van der Waals surface area contributed by atoms with Crippen LogP contribution in [0.25, 0.3) is 0 Å². The van der Waals surface area contributed by atoms with E-state index in [1.807, 2.05) is 18.0 Å². The number of oxazole rings is 1. The van der Waals surface area contributed by atoms with Gasteiger partial charge in [-0.1, -0.05) is 0 Å². The fourth-order valence-electron chi connectivity index (χ4n) is 3.10. The number of hydrogen-bond acceptors (Lipinski definition) is 4. The third-order valence-electron chi connectivity index (χ3n) is 4.22. The lowest BCUT2D eigenvalue weighted by Crippen LogP contribution is -2.39. The van der Waals surface area contributed by atoms with Gasteiger partial charge in [0.05, 0.1) is 5.69 Å². The lowest BCUT2D eigenvalue weighted by Gasteiger charge is -2.33. The van der Waals surface area contributed by atoms with Gasteiger partial charge in [-0.15, -0.1) is 0 Å². The van der Waals surface area contributed by atoms with Crippen LogP contribution in [0, 0.1) is 20.8 Å². The molecule has 0 atom stereocenters. The van der Waals surface area contributed by atoms with Gasteiger partial charge in [0.25, 0.3) is 5.91 Å². The Balaban J connectivity index is 1.68. The summed E-state index contributed by atoms with van der Waals surface area (Å²) in [4.78, 5) is 22.6. The number of carbonyl (C=O) groups is 1. The number of amides is 1. The van der Waals surface area contributed by atoms with E-state index < -0.39 is 0 Å². The molecule has 1 amide bonds. The summed E-state index contributed by atoms with van der Waals surface area (Å²) in [7, 11) is 0. The van der Waals surface area contributed by atoms with Crippen LogP contribution in [0.3, 0.4) is 0 Å². The highest BCUT2D eigenvalue weighted by molar-refractivity contribution is 5.92. The molecule has 1 aliphatic heterocycles. The Labute approximate surface area is 123 Å². The molecule has 112 valence electrons. The zero-order valence-corrected chi connectivity index (χ0v) is 12.7. The van der Waals surface area contributed by atoms with Crippen LogP contribution in [0.15, 0.2) is 17.0 Å². The number of rotatable bonds is 2. The standard InChI is InChI=1S/C15H20N4O2/c1-10-8-16-12(3)19(10)13-4-6-18(7-5-13)15(20)14-11(2)17-9-21-14/h8-9,13H,4-7H2,1-3H3. The Hall–Kier alpha value is -2.11. The smallest absolute Gasteiger partial charge is 0.291 e. The highest BCUT2D eigenvalue weighted by atomic mass is 16.3. The number of nitrogens with zero attached hydrogens (tertiary/aromatic N) is 4. The summed E-state index contributed by atoms with van der Waals surface area (Å²) in [6.07, 6.45) is 5.12. The molecule has 1 fully saturated rings. The van der Waals surface area contributed by atoms with E-state index in [4.69, 9.17) is 4.42 Å². The number of piperidine rings is 1. The lowest BCUT2D eigenvalue weighted by atomic mass is 10.0. The molecule has 1 saturated heterocycles. The van der Waals surface area contributed by atoms with E-state index in [2.05, 4.69) is 21.5 Å². The van der Waals surface area contributed by atoms with Crippen molar-refractivity contribution in [2.75, 3.05) is 13.1 Å². The van der Waals surface area contributed by atoms with Gasteiger partial charge in [0.15, 0.2) is 6.39 Å². The van der Waals surface area contributed by atoms with Gasteiger partial charge in [0.1, 0.15) is 5.82 Å². The minimum atomic E-state index is -0.0532. The second kappa shape index (κ2) is 5.35. The summed E-state index contributed by atoms with van der Waals surface area (Å²) in [6, 6.07) is 0.423. The van der Waals surface area contributed by atoms with Crippen molar-refractivity contribution in [3.63, 3.8) is 0 Å². The molecular formula is C15H20N4O2. The molecule has 3 heterocycles. The van der Waals surface area contributed by atoms with Crippen molar-refractivity contribution < 1.29 is 9.21 Å². The van der Waals surface area contributed by atoms with Gasteiger partial charge in [0, 0.05) is 31.0 Å². The van der Waals surface area contributed by atoms with Crippen molar-refractivity contribution in [2.45, 2.75) is 39.7 Å². The molecule has 0 aliphatic carbocycles. The molecule has 21 heavy (non-hydrogen) atoms. The number of aryl methyl sites for hydroxylation is 3.